The van der Waals surface area contributed by atoms with E-state index < -0.39 is 0 Å². The van der Waals surface area contributed by atoms with Crippen LogP contribution in [-0.2, 0) is 21.7 Å². The molecule has 11 heteroatoms. The molecule has 0 bridgehead atoms. The van der Waals surface area contributed by atoms with Gasteiger partial charge < -0.3 is 0 Å². The van der Waals surface area contributed by atoms with Gasteiger partial charge in [0.15, 0.2) is 0 Å². The fourth-order valence-electron chi connectivity index (χ4n) is 3.39. The zero-order valence-corrected chi connectivity index (χ0v) is 19.7. The third kappa shape index (κ3) is 4.57. The number of nitrogens with zero attached hydrogens (tertiary/aromatic N) is 3. The summed E-state index contributed by atoms with van der Waals surface area (Å²) in [5.74, 6) is 0. The van der Waals surface area contributed by atoms with E-state index in [0.717, 1.165) is 34.2 Å². The smallest absolute Gasteiger partial charge is 0.255 e. The molecule has 6 nitrogen and oxygen atoms in total. The van der Waals surface area contributed by atoms with Crippen LogP contribution in [0.4, 0.5) is 0 Å². The molecular formula is C15H24BCl3N6Ti. The molecule has 0 unspecified atom stereocenters. The summed E-state index contributed by atoms with van der Waals surface area (Å²) in [6.45, 7) is 12.4. The van der Waals surface area contributed by atoms with Gasteiger partial charge in [0.2, 0.25) is 0 Å². The second-order valence-corrected chi connectivity index (χ2v) is 5.98. The molecule has 0 aliphatic heterocycles. The van der Waals surface area contributed by atoms with Crippen molar-refractivity contribution in [3.63, 3.8) is 0 Å². The minimum absolute atomic E-state index is 0. The van der Waals surface area contributed by atoms with Gasteiger partial charge in [-0.3, -0.25) is 15.3 Å². The van der Waals surface area contributed by atoms with Crippen molar-refractivity contribution in [2.45, 2.75) is 41.5 Å². The van der Waals surface area contributed by atoms with Crippen molar-refractivity contribution in [1.29, 1.82) is 0 Å². The van der Waals surface area contributed by atoms with Gasteiger partial charge in [-0.25, -0.2) is 0 Å². The first-order valence-corrected chi connectivity index (χ1v) is 7.46. The van der Waals surface area contributed by atoms with E-state index in [-0.39, 0.29) is 65.7 Å². The van der Waals surface area contributed by atoms with Crippen LogP contribution in [-0.4, -0.2) is 37.3 Å². The number of halogens is 3. The number of nitrogens with one attached hydrogen (secondary N) is 3. The Kier molecular flexibility index (Phi) is 11.2. The van der Waals surface area contributed by atoms with Gasteiger partial charge in [-0.05, 0) is 57.9 Å². The molecule has 0 aliphatic rings. The Labute approximate surface area is 187 Å². The van der Waals surface area contributed by atoms with Crippen LogP contribution in [0, 0.1) is 41.5 Å². The summed E-state index contributed by atoms with van der Waals surface area (Å²) in [6, 6.07) is 0. The molecule has 0 fully saturated rings. The number of rotatable bonds is 3. The van der Waals surface area contributed by atoms with Gasteiger partial charge in [0.25, 0.3) is 6.71 Å². The van der Waals surface area contributed by atoms with Crippen molar-refractivity contribution < 1.29 is 21.7 Å². The minimum Gasteiger partial charge on any atom is -0.283 e. The number of aromatic nitrogens is 6. The maximum atomic E-state index is 4.39. The maximum absolute atomic E-state index is 4.39. The second-order valence-electron chi connectivity index (χ2n) is 5.98. The van der Waals surface area contributed by atoms with Crippen molar-refractivity contribution in [1.82, 2.24) is 30.6 Å². The second kappa shape index (κ2) is 10.6. The molecule has 0 atom stereocenters. The average molecular weight is 453 g/mol. The topological polar surface area (TPSA) is 86.0 Å². The van der Waals surface area contributed by atoms with Gasteiger partial charge in [0.05, 0.1) is 17.1 Å². The molecule has 26 heavy (non-hydrogen) atoms. The predicted molar refractivity (Wildman–Crippen MR) is 111 cm³/mol. The number of aryl methyl sites for hydroxylation is 6. The Bertz CT molecular complexity index is 676. The number of hydrogen-bond acceptors (Lipinski definition) is 3. The van der Waals surface area contributed by atoms with Crippen molar-refractivity contribution >= 4 is 60.3 Å². The van der Waals surface area contributed by atoms with Crippen molar-refractivity contribution in [3.05, 3.63) is 34.2 Å². The predicted octanol–water partition coefficient (Wildman–Crippen LogP) is 1.49. The standard InChI is InChI=1S/C15H21BN6.3ClH.Ti/c1-7-13(8(2)18-17-7)16(14-9(3)19-20-10(14)4)15-11(5)21-22-12(15)6;;;;/h1-6H3,(H,17,18)(H,19,20)(H,21,22);3*1H;. The van der Waals surface area contributed by atoms with Gasteiger partial charge in [-0.1, -0.05) is 0 Å². The average Bonchev–Trinajstić information content (AvgIpc) is 3.08. The Morgan fingerprint density at radius 2 is 0.769 bits per heavy atom. The molecule has 3 aromatic heterocycles. The van der Waals surface area contributed by atoms with E-state index in [2.05, 4.69) is 51.4 Å². The first-order valence-electron chi connectivity index (χ1n) is 7.46. The molecule has 0 saturated carbocycles. The summed E-state index contributed by atoms with van der Waals surface area (Å²) in [5.41, 5.74) is 9.93. The maximum Gasteiger partial charge on any atom is 0.255 e. The molecule has 142 valence electrons. The number of hydrogen-bond donors (Lipinski definition) is 3. The van der Waals surface area contributed by atoms with E-state index in [1.54, 1.807) is 0 Å². The minimum atomic E-state index is 0. The molecule has 0 aliphatic carbocycles. The van der Waals surface area contributed by atoms with Gasteiger partial charge in [0, 0.05) is 38.8 Å². The molecule has 3 rings (SSSR count). The van der Waals surface area contributed by atoms with E-state index in [0.29, 0.717) is 0 Å². The zero-order valence-electron chi connectivity index (χ0n) is 15.6. The van der Waals surface area contributed by atoms with Crippen molar-refractivity contribution in [2.75, 3.05) is 0 Å². The number of aromatic amines is 3. The van der Waals surface area contributed by atoms with Gasteiger partial charge in [-0.2, -0.15) is 15.3 Å². The quantitative estimate of drug-likeness (QED) is 0.526. The summed E-state index contributed by atoms with van der Waals surface area (Å²) in [5, 5.41) is 22.5. The Balaban J connectivity index is 0. The van der Waals surface area contributed by atoms with Crippen LogP contribution in [0.3, 0.4) is 0 Å². The molecule has 0 aromatic carbocycles. The third-order valence-corrected chi connectivity index (χ3v) is 4.42. The summed E-state index contributed by atoms with van der Waals surface area (Å²) in [4.78, 5) is 0. The largest absolute Gasteiger partial charge is 0.283 e. The van der Waals surface area contributed by atoms with E-state index in [4.69, 9.17) is 0 Å². The fourth-order valence-corrected chi connectivity index (χ4v) is 3.39. The molecule has 3 N–H and O–H groups in total. The van der Waals surface area contributed by atoms with Gasteiger partial charge in [0.1, 0.15) is 0 Å². The normalized spacial score (nSPS) is 9.46. The molecule has 0 saturated heterocycles. The van der Waals surface area contributed by atoms with E-state index in [1.807, 2.05) is 20.8 Å². The third-order valence-electron chi connectivity index (χ3n) is 4.42. The number of H-pyrrole nitrogens is 3. The molecular weight excluding hydrogens is 429 g/mol. The van der Waals surface area contributed by atoms with Crippen LogP contribution in [0.5, 0.6) is 0 Å². The monoisotopic (exact) mass is 452 g/mol. The Morgan fingerprint density at radius 3 is 0.923 bits per heavy atom. The molecule has 3 aromatic rings. The molecule has 0 radical (unpaired) electrons. The van der Waals surface area contributed by atoms with E-state index in [1.165, 1.54) is 16.4 Å². The van der Waals surface area contributed by atoms with Crippen LogP contribution in [0.15, 0.2) is 0 Å². The first kappa shape index (κ1) is 27.5. The van der Waals surface area contributed by atoms with Crippen LogP contribution >= 0.6 is 37.2 Å². The summed E-state index contributed by atoms with van der Waals surface area (Å²) >= 11 is 0. The van der Waals surface area contributed by atoms with Crippen LogP contribution in [0.2, 0.25) is 0 Å². The van der Waals surface area contributed by atoms with Crippen molar-refractivity contribution in [3.8, 4) is 0 Å². The van der Waals surface area contributed by atoms with E-state index in [9.17, 15) is 0 Å². The van der Waals surface area contributed by atoms with Crippen LogP contribution in [0.25, 0.3) is 0 Å². The van der Waals surface area contributed by atoms with Crippen LogP contribution in [0.1, 0.15) is 34.2 Å². The Morgan fingerprint density at radius 1 is 0.538 bits per heavy atom. The molecule has 0 amide bonds. The Hall–Kier alpha value is -0.721. The summed E-state index contributed by atoms with van der Waals surface area (Å²) < 4.78 is 0. The zero-order chi connectivity index (χ0) is 16.0. The SMILES string of the molecule is Cc1n[nH]c(C)c1B(c1c(C)n[nH]c1C)c1c(C)n[nH]c1C.Cl.Cl.Cl.[Ti]. The van der Waals surface area contributed by atoms with Crippen LogP contribution < -0.4 is 16.4 Å². The summed E-state index contributed by atoms with van der Waals surface area (Å²) in [7, 11) is 0. The van der Waals surface area contributed by atoms with Crippen molar-refractivity contribution in [2.24, 2.45) is 0 Å². The molecule has 3 heterocycles. The van der Waals surface area contributed by atoms with E-state index >= 15 is 0 Å². The van der Waals surface area contributed by atoms with Gasteiger partial charge >= 0.3 is 0 Å². The summed E-state index contributed by atoms with van der Waals surface area (Å²) in [6.07, 6.45) is 0. The fraction of sp³-hybridized carbons (Fsp3) is 0.400. The van der Waals surface area contributed by atoms with Gasteiger partial charge in [-0.15, -0.1) is 37.2 Å². The first-order chi connectivity index (χ1) is 10.4. The molecule has 0 spiro atoms.